The van der Waals surface area contributed by atoms with E-state index < -0.39 is 0 Å². The topological polar surface area (TPSA) is 0 Å². The van der Waals surface area contributed by atoms with Gasteiger partial charge in [-0.15, -0.1) is 0 Å². The Morgan fingerprint density at radius 1 is 0.500 bits per heavy atom. The van der Waals surface area contributed by atoms with Gasteiger partial charge in [0.2, 0.25) is 0 Å². The molecule has 8 heteroatoms. The molecule has 0 heterocycles. The molecular weight excluding hydrogens is 607 g/mol. The molecule has 0 rings (SSSR count). The SMILES string of the molecule is [Br][Cu]([Br])[Br].[Br][Cu]([Br])[Br]. The van der Waals surface area contributed by atoms with Crippen LogP contribution in [0.1, 0.15) is 0 Å². The van der Waals surface area contributed by atoms with E-state index in [-0.39, 0.29) is 17.0 Å². The van der Waals surface area contributed by atoms with E-state index in [1.807, 2.05) is 0 Å². The second kappa shape index (κ2) is 10.9. The van der Waals surface area contributed by atoms with Gasteiger partial charge in [-0.25, -0.2) is 0 Å². The maximum absolute atomic E-state index is 3.12. The van der Waals surface area contributed by atoms with E-state index in [1.54, 1.807) is 0 Å². The molecule has 8 heavy (non-hydrogen) atoms. The zero-order valence-electron chi connectivity index (χ0n) is 2.87. The summed E-state index contributed by atoms with van der Waals surface area (Å²) in [6, 6.07) is 0. The third-order valence-electron chi connectivity index (χ3n) is 0. The van der Waals surface area contributed by atoms with Crippen molar-refractivity contribution < 1.29 is 17.0 Å². The first-order chi connectivity index (χ1) is 3.46. The summed E-state index contributed by atoms with van der Waals surface area (Å²) in [4.78, 5) is 0. The third kappa shape index (κ3) is 51.4. The van der Waals surface area contributed by atoms with E-state index in [0.29, 0.717) is 0 Å². The van der Waals surface area contributed by atoms with Crippen molar-refractivity contribution in [3.05, 3.63) is 0 Å². The molecule has 0 bridgehead atoms. The average Bonchev–Trinajstić information content (AvgIpc) is 1.25. The fourth-order valence-corrected chi connectivity index (χ4v) is 0. The van der Waals surface area contributed by atoms with Crippen molar-refractivity contribution in [2.24, 2.45) is 0 Å². The van der Waals surface area contributed by atoms with Gasteiger partial charge in [-0.05, 0) is 0 Å². The second-order valence-corrected chi connectivity index (χ2v) is 28.8. The molecule has 0 fully saturated rings. The Morgan fingerprint density at radius 3 is 0.500 bits per heavy atom. The van der Waals surface area contributed by atoms with Gasteiger partial charge in [-0.1, -0.05) is 0 Å². The van der Waals surface area contributed by atoms with Crippen LogP contribution in [-0.2, 0) is 17.0 Å². The summed E-state index contributed by atoms with van der Waals surface area (Å²) in [6.07, 6.45) is 0. The van der Waals surface area contributed by atoms with Crippen molar-refractivity contribution in [3.8, 4) is 0 Å². The molecule has 0 aromatic rings. The fraction of sp³-hybridized carbons (Fsp3) is 0. The summed E-state index contributed by atoms with van der Waals surface area (Å²) < 4.78 is 0. The van der Waals surface area contributed by atoms with E-state index in [4.69, 9.17) is 0 Å². The maximum atomic E-state index is 3.12. The molecule has 0 amide bonds. The van der Waals surface area contributed by atoms with Crippen LogP contribution in [0.5, 0.6) is 0 Å². The fourth-order valence-electron chi connectivity index (χ4n) is 0. The molecule has 0 saturated carbocycles. The Labute approximate surface area is 99.2 Å². The first-order valence-electron chi connectivity index (χ1n) is 0.684. The first kappa shape index (κ1) is 14.4. The van der Waals surface area contributed by atoms with Crippen LogP contribution in [0.2, 0.25) is 0 Å². The molecule has 0 atom stereocenters. The van der Waals surface area contributed by atoms with Crippen LogP contribution in [0, 0.1) is 0 Å². The van der Waals surface area contributed by atoms with Crippen molar-refractivity contribution in [2.75, 3.05) is 0 Å². The average molecular weight is 607 g/mol. The molecule has 0 saturated heterocycles. The van der Waals surface area contributed by atoms with Gasteiger partial charge in [0.15, 0.2) is 0 Å². The van der Waals surface area contributed by atoms with Crippen LogP contribution < -0.4 is 0 Å². The molecule has 0 radical (unpaired) electrons. The molecular formula is Br6Cu2. The molecule has 0 aliphatic rings. The van der Waals surface area contributed by atoms with Gasteiger partial charge < -0.3 is 0 Å². The molecule has 0 N–H and O–H groups in total. The summed E-state index contributed by atoms with van der Waals surface area (Å²) in [7, 11) is 0.250. The summed E-state index contributed by atoms with van der Waals surface area (Å²) in [5, 5.41) is 0. The quantitative estimate of drug-likeness (QED) is 0.338. The van der Waals surface area contributed by atoms with Crippen LogP contribution in [0.4, 0.5) is 0 Å². The van der Waals surface area contributed by atoms with E-state index in [1.165, 1.54) is 0 Å². The normalized spacial score (nSPS) is 11.2. The van der Waals surface area contributed by atoms with Gasteiger partial charge in [0.05, 0.1) is 0 Å². The van der Waals surface area contributed by atoms with E-state index in [0.717, 1.165) is 0 Å². The van der Waals surface area contributed by atoms with Crippen molar-refractivity contribution in [2.45, 2.75) is 0 Å². The van der Waals surface area contributed by atoms with Crippen molar-refractivity contribution in [1.29, 1.82) is 0 Å². The van der Waals surface area contributed by atoms with Crippen LogP contribution >= 0.6 is 84.7 Å². The Balaban J connectivity index is 0. The Kier molecular flexibility index (Phi) is 19.7. The number of hydrogen-bond donors (Lipinski definition) is 0. The van der Waals surface area contributed by atoms with Crippen molar-refractivity contribution >= 4 is 84.7 Å². The van der Waals surface area contributed by atoms with E-state index in [2.05, 4.69) is 84.7 Å². The summed E-state index contributed by atoms with van der Waals surface area (Å²) in [6.45, 7) is 0. The molecule has 0 aliphatic heterocycles. The number of hydrogen-bond acceptors (Lipinski definition) is 0. The summed E-state index contributed by atoms with van der Waals surface area (Å²) in [5.41, 5.74) is 0. The van der Waals surface area contributed by atoms with E-state index in [9.17, 15) is 0 Å². The monoisotopic (exact) mass is 599 g/mol. The van der Waals surface area contributed by atoms with Gasteiger partial charge in [0, 0.05) is 0 Å². The Bertz CT molecular complexity index is 22.0. The number of rotatable bonds is 0. The van der Waals surface area contributed by atoms with Crippen LogP contribution in [0.3, 0.4) is 0 Å². The van der Waals surface area contributed by atoms with Gasteiger partial charge in [-0.3, -0.25) is 0 Å². The zero-order valence-corrected chi connectivity index (χ0v) is 14.3. The van der Waals surface area contributed by atoms with Gasteiger partial charge in [0.25, 0.3) is 0 Å². The van der Waals surface area contributed by atoms with Crippen LogP contribution in [-0.4, -0.2) is 0 Å². The minimum absolute atomic E-state index is 0.125. The molecule has 0 aliphatic carbocycles. The predicted molar refractivity (Wildman–Crippen MR) is 53.6 cm³/mol. The molecule has 64 valence electrons. The van der Waals surface area contributed by atoms with E-state index >= 15 is 0 Å². The molecule has 0 nitrogen and oxygen atoms in total. The second-order valence-electron chi connectivity index (χ2n) is 0.258. The van der Waals surface area contributed by atoms with Crippen LogP contribution in [0.25, 0.3) is 0 Å². The van der Waals surface area contributed by atoms with Gasteiger partial charge >= 0.3 is 102 Å². The first-order valence-corrected chi connectivity index (χ1v) is 14.6. The Hall–Kier alpha value is 3.92. The van der Waals surface area contributed by atoms with Gasteiger partial charge in [0.1, 0.15) is 0 Å². The standard InChI is InChI=1S/6BrH.2Cu/h6*1H;;/q;;;;;;2*+3/p-6. The van der Waals surface area contributed by atoms with Crippen LogP contribution in [0.15, 0.2) is 0 Å². The zero-order chi connectivity index (χ0) is 7.15. The molecule has 0 aromatic heterocycles. The Morgan fingerprint density at radius 2 is 0.500 bits per heavy atom. The molecule has 0 spiro atoms. The number of halogens is 6. The van der Waals surface area contributed by atoms with Gasteiger partial charge in [-0.2, -0.15) is 0 Å². The minimum atomic E-state index is 0.125. The molecule has 0 aromatic carbocycles. The molecule has 0 unspecified atom stereocenters. The third-order valence-corrected chi connectivity index (χ3v) is 0. The summed E-state index contributed by atoms with van der Waals surface area (Å²) >= 11 is 18.8. The van der Waals surface area contributed by atoms with Crippen molar-refractivity contribution in [3.63, 3.8) is 0 Å². The van der Waals surface area contributed by atoms with Crippen molar-refractivity contribution in [1.82, 2.24) is 0 Å². The summed E-state index contributed by atoms with van der Waals surface area (Å²) in [5.74, 6) is 0. The predicted octanol–water partition coefficient (Wildman–Crippen LogP) is 5.07.